The maximum atomic E-state index is 9.83. The monoisotopic (exact) mass is 364 g/mol. The van der Waals surface area contributed by atoms with Gasteiger partial charge in [-0.15, -0.1) is 0 Å². The molecule has 2 rings (SSSR count). The minimum atomic E-state index is -2.56. The van der Waals surface area contributed by atoms with Gasteiger partial charge in [0.15, 0.2) is 0 Å². The standard InChI is InChI=1S/C23H28O2Si/c1-19(2)22(24)17-12-18-25-26(23(3,4)5,20-13-8-6-9-14-20)21-15-10-7-11-16-21/h6-11,13-16,22,24H,1,18H2,2-5H3/t22-/m0/s1. The van der Waals surface area contributed by atoms with Crippen molar-refractivity contribution in [3.05, 3.63) is 72.8 Å². The van der Waals surface area contributed by atoms with Gasteiger partial charge in [0.25, 0.3) is 8.32 Å². The summed E-state index contributed by atoms with van der Waals surface area (Å²) in [5.74, 6) is 5.80. The van der Waals surface area contributed by atoms with E-state index in [4.69, 9.17) is 4.43 Å². The first-order chi connectivity index (χ1) is 12.3. The Labute approximate surface area is 158 Å². The molecule has 0 heterocycles. The van der Waals surface area contributed by atoms with E-state index in [2.05, 4.69) is 87.7 Å². The Hall–Kier alpha value is -2.12. The predicted octanol–water partition coefficient (Wildman–Crippen LogP) is 3.50. The Morgan fingerprint density at radius 2 is 1.50 bits per heavy atom. The van der Waals surface area contributed by atoms with Crippen LogP contribution in [0.5, 0.6) is 0 Å². The normalized spacial score (nSPS) is 12.8. The summed E-state index contributed by atoms with van der Waals surface area (Å²) in [5, 5.41) is 12.2. The van der Waals surface area contributed by atoms with Crippen molar-refractivity contribution in [3.63, 3.8) is 0 Å². The van der Waals surface area contributed by atoms with Gasteiger partial charge in [-0.2, -0.15) is 0 Å². The van der Waals surface area contributed by atoms with Crippen LogP contribution in [0, 0.1) is 11.8 Å². The molecule has 0 saturated heterocycles. The summed E-state index contributed by atoms with van der Waals surface area (Å²) in [4.78, 5) is 0. The molecule has 3 heteroatoms. The Balaban J connectivity index is 2.49. The highest BCUT2D eigenvalue weighted by Crippen LogP contribution is 2.36. The average Bonchev–Trinajstić information content (AvgIpc) is 2.62. The zero-order chi connectivity index (χ0) is 19.2. The molecule has 0 unspecified atom stereocenters. The van der Waals surface area contributed by atoms with Gasteiger partial charge in [0.05, 0.1) is 6.61 Å². The molecule has 0 saturated carbocycles. The summed E-state index contributed by atoms with van der Waals surface area (Å²) in [6, 6.07) is 20.9. The van der Waals surface area contributed by atoms with E-state index in [-0.39, 0.29) is 11.6 Å². The lowest BCUT2D eigenvalue weighted by molar-refractivity contribution is 0.268. The maximum Gasteiger partial charge on any atom is 0.262 e. The third-order valence-corrected chi connectivity index (χ3v) is 9.47. The smallest absolute Gasteiger partial charge is 0.262 e. The van der Waals surface area contributed by atoms with E-state index in [1.54, 1.807) is 6.92 Å². The van der Waals surface area contributed by atoms with E-state index in [0.717, 1.165) is 0 Å². The fourth-order valence-electron chi connectivity index (χ4n) is 3.17. The summed E-state index contributed by atoms with van der Waals surface area (Å²) in [6.45, 7) is 12.5. The van der Waals surface area contributed by atoms with Crippen molar-refractivity contribution in [2.24, 2.45) is 0 Å². The molecule has 1 N–H and O–H groups in total. The second-order valence-electron chi connectivity index (χ2n) is 7.52. The van der Waals surface area contributed by atoms with Crippen LogP contribution < -0.4 is 10.4 Å². The van der Waals surface area contributed by atoms with Crippen LogP contribution in [0.4, 0.5) is 0 Å². The summed E-state index contributed by atoms with van der Waals surface area (Å²) < 4.78 is 6.62. The lowest BCUT2D eigenvalue weighted by Gasteiger charge is -2.42. The molecule has 0 aliphatic rings. The maximum absolute atomic E-state index is 9.83. The number of hydrogen-bond acceptors (Lipinski definition) is 2. The van der Waals surface area contributed by atoms with Crippen LogP contribution >= 0.6 is 0 Å². The summed E-state index contributed by atoms with van der Waals surface area (Å²) in [7, 11) is -2.56. The molecular weight excluding hydrogens is 336 g/mol. The molecule has 0 radical (unpaired) electrons. The molecule has 2 aromatic rings. The van der Waals surface area contributed by atoms with Crippen molar-refractivity contribution in [2.75, 3.05) is 6.61 Å². The molecule has 0 fully saturated rings. The second-order valence-corrected chi connectivity index (χ2v) is 11.8. The molecule has 0 bridgehead atoms. The minimum absolute atomic E-state index is 0.0790. The Morgan fingerprint density at radius 3 is 1.88 bits per heavy atom. The van der Waals surface area contributed by atoms with E-state index in [0.29, 0.717) is 5.57 Å². The SMILES string of the molecule is C=C(C)[C@@H](O)C#CCO[Si](c1ccccc1)(c1ccccc1)C(C)(C)C. The molecule has 0 aromatic heterocycles. The summed E-state index contributed by atoms with van der Waals surface area (Å²) in [5.41, 5.74) is 0.642. The molecule has 0 amide bonds. The van der Waals surface area contributed by atoms with Crippen LogP contribution in [0.2, 0.25) is 5.04 Å². The second kappa shape index (κ2) is 8.51. The number of aliphatic hydroxyl groups excluding tert-OH is 1. The van der Waals surface area contributed by atoms with E-state index in [9.17, 15) is 5.11 Å². The number of rotatable bonds is 5. The molecule has 0 spiro atoms. The molecule has 1 atom stereocenters. The molecular formula is C23H28O2Si. The van der Waals surface area contributed by atoms with Crippen LogP contribution in [0.15, 0.2) is 72.8 Å². The zero-order valence-corrected chi connectivity index (χ0v) is 17.1. The van der Waals surface area contributed by atoms with E-state index < -0.39 is 14.4 Å². The number of hydrogen-bond donors (Lipinski definition) is 1. The fraction of sp³-hybridized carbons (Fsp3) is 0.304. The van der Waals surface area contributed by atoms with Gasteiger partial charge in [-0.1, -0.05) is 99.9 Å². The van der Waals surface area contributed by atoms with Crippen LogP contribution in [-0.4, -0.2) is 26.1 Å². The number of benzene rings is 2. The fourth-order valence-corrected chi connectivity index (χ4v) is 7.61. The summed E-state index contributed by atoms with van der Waals surface area (Å²) >= 11 is 0. The van der Waals surface area contributed by atoms with Crippen molar-refractivity contribution >= 4 is 18.7 Å². The highest BCUT2D eigenvalue weighted by Gasteiger charge is 2.49. The number of aliphatic hydroxyl groups is 1. The van der Waals surface area contributed by atoms with Crippen molar-refractivity contribution < 1.29 is 9.53 Å². The molecule has 136 valence electrons. The van der Waals surface area contributed by atoms with Gasteiger partial charge in [0, 0.05) is 0 Å². The van der Waals surface area contributed by atoms with Gasteiger partial charge < -0.3 is 9.53 Å². The average molecular weight is 365 g/mol. The van der Waals surface area contributed by atoms with Crippen molar-refractivity contribution in [1.82, 2.24) is 0 Å². The topological polar surface area (TPSA) is 29.5 Å². The quantitative estimate of drug-likeness (QED) is 0.500. The van der Waals surface area contributed by atoms with Gasteiger partial charge >= 0.3 is 0 Å². The predicted molar refractivity (Wildman–Crippen MR) is 112 cm³/mol. The molecule has 0 aliphatic heterocycles. The largest absolute Gasteiger partial charge is 0.396 e. The van der Waals surface area contributed by atoms with Crippen molar-refractivity contribution in [3.8, 4) is 11.8 Å². The summed E-state index contributed by atoms with van der Waals surface area (Å²) in [6.07, 6.45) is -0.808. The van der Waals surface area contributed by atoms with Crippen LogP contribution in [0.25, 0.3) is 0 Å². The molecule has 2 nitrogen and oxygen atoms in total. The minimum Gasteiger partial charge on any atom is -0.396 e. The van der Waals surface area contributed by atoms with Gasteiger partial charge in [-0.3, -0.25) is 0 Å². The van der Waals surface area contributed by atoms with E-state index in [1.807, 2.05) is 12.1 Å². The third-order valence-electron chi connectivity index (χ3n) is 4.48. The van der Waals surface area contributed by atoms with Crippen LogP contribution in [-0.2, 0) is 4.43 Å². The van der Waals surface area contributed by atoms with Crippen LogP contribution in [0.3, 0.4) is 0 Å². The zero-order valence-electron chi connectivity index (χ0n) is 16.1. The lowest BCUT2D eigenvalue weighted by atomic mass is 10.2. The molecule has 2 aromatic carbocycles. The Morgan fingerprint density at radius 1 is 1.04 bits per heavy atom. The van der Waals surface area contributed by atoms with Gasteiger partial charge in [-0.25, -0.2) is 0 Å². The first kappa shape index (κ1) is 20.2. The first-order valence-corrected chi connectivity index (χ1v) is 10.8. The first-order valence-electron chi connectivity index (χ1n) is 8.86. The van der Waals surface area contributed by atoms with E-state index >= 15 is 0 Å². The highest BCUT2D eigenvalue weighted by molar-refractivity contribution is 6.99. The third kappa shape index (κ3) is 4.34. The Bertz CT molecular complexity index is 740. The van der Waals surface area contributed by atoms with Crippen molar-refractivity contribution in [2.45, 2.75) is 38.8 Å². The van der Waals surface area contributed by atoms with Crippen LogP contribution in [0.1, 0.15) is 27.7 Å². The lowest BCUT2D eigenvalue weighted by Crippen LogP contribution is -2.66. The van der Waals surface area contributed by atoms with Gasteiger partial charge in [0.1, 0.15) is 6.10 Å². The van der Waals surface area contributed by atoms with Crippen molar-refractivity contribution in [1.29, 1.82) is 0 Å². The highest BCUT2D eigenvalue weighted by atomic mass is 28.4. The van der Waals surface area contributed by atoms with Gasteiger partial charge in [0.2, 0.25) is 0 Å². The Kier molecular flexibility index (Phi) is 6.61. The molecule has 26 heavy (non-hydrogen) atoms. The van der Waals surface area contributed by atoms with E-state index in [1.165, 1.54) is 10.4 Å². The molecule has 0 aliphatic carbocycles. The van der Waals surface area contributed by atoms with Gasteiger partial charge in [-0.05, 0) is 27.9 Å².